The first-order valence-electron chi connectivity index (χ1n) is 25.8. The maximum absolute atomic E-state index is 14.2. The Hall–Kier alpha value is -9.62. The van der Waals surface area contributed by atoms with Gasteiger partial charge in [-0.15, -0.1) is 0 Å². The summed E-state index contributed by atoms with van der Waals surface area (Å²) in [5.41, 5.74) is 19.8. The van der Waals surface area contributed by atoms with Crippen LogP contribution in [0.3, 0.4) is 0 Å². The molecule has 0 bridgehead atoms. The van der Waals surface area contributed by atoms with E-state index in [2.05, 4.69) is 112 Å². The third kappa shape index (κ3) is 7.44. The smallest absolute Gasteiger partial charge is 0.265 e. The van der Waals surface area contributed by atoms with Crippen LogP contribution in [0.25, 0.3) is 32.7 Å². The molecule has 6 aliphatic rings. The number of anilines is 2. The van der Waals surface area contributed by atoms with Gasteiger partial charge in [-0.05, 0) is 192 Å². The zero-order valence-electron chi connectivity index (χ0n) is 42.5. The molecule has 0 fully saturated rings. The van der Waals surface area contributed by atoms with Crippen LogP contribution in [0.4, 0.5) is 11.4 Å². The molecule has 0 atom stereocenters. The molecule has 7 aromatic carbocycles. The van der Waals surface area contributed by atoms with E-state index in [0.29, 0.717) is 44.4 Å². The maximum Gasteiger partial charge on any atom is 0.265 e. The first kappa shape index (κ1) is 46.2. The number of nitrogens with zero attached hydrogens (tertiary/aromatic N) is 2. The van der Waals surface area contributed by atoms with E-state index in [1.165, 1.54) is 43.2 Å². The monoisotopic (exact) mass is 980 g/mol. The molecule has 2 heterocycles. The second kappa shape index (κ2) is 18.1. The normalized spacial score (nSPS) is 16.2. The number of hydrogen-bond donors (Lipinski definition) is 0. The first-order chi connectivity index (χ1) is 37.0. The van der Waals surface area contributed by atoms with Gasteiger partial charge in [-0.25, -0.2) is 9.80 Å². The summed E-state index contributed by atoms with van der Waals surface area (Å²) >= 11 is 0. The van der Waals surface area contributed by atoms with Crippen LogP contribution in [-0.4, -0.2) is 23.6 Å². The molecule has 0 saturated heterocycles. The predicted octanol–water partition coefficient (Wildman–Crippen LogP) is 14.8. The van der Waals surface area contributed by atoms with E-state index >= 15 is 0 Å². The Balaban J connectivity index is 0.753. The molecule has 13 rings (SSSR count). The number of rotatable bonds is 6. The second-order valence-corrected chi connectivity index (χ2v) is 20.2. The largest absolute Gasteiger partial charge is 0.268 e. The van der Waals surface area contributed by atoms with Crippen LogP contribution in [0, 0.1) is 51.4 Å². The molecule has 0 saturated carbocycles. The van der Waals surface area contributed by atoms with Crippen molar-refractivity contribution in [2.45, 2.75) is 53.4 Å². The van der Waals surface area contributed by atoms with Gasteiger partial charge < -0.3 is 0 Å². The second-order valence-electron chi connectivity index (χ2n) is 20.2. The fourth-order valence-corrected chi connectivity index (χ4v) is 11.7. The third-order valence-corrected chi connectivity index (χ3v) is 16.1. The summed E-state index contributed by atoms with van der Waals surface area (Å²) in [6.45, 7) is 8.23. The molecule has 76 heavy (non-hydrogen) atoms. The van der Waals surface area contributed by atoms with Crippen LogP contribution in [-0.2, 0) is 0 Å². The van der Waals surface area contributed by atoms with Gasteiger partial charge in [0, 0.05) is 55.3 Å². The summed E-state index contributed by atoms with van der Waals surface area (Å²) in [5, 5.41) is 2.73. The van der Waals surface area contributed by atoms with E-state index in [-0.39, 0.29) is 23.6 Å². The van der Waals surface area contributed by atoms with Crippen molar-refractivity contribution in [3.8, 4) is 23.7 Å². The third-order valence-electron chi connectivity index (χ3n) is 16.1. The number of hydrogen-bond acceptors (Lipinski definition) is 4. The van der Waals surface area contributed by atoms with E-state index in [0.717, 1.165) is 92.1 Å². The molecular weight excluding hydrogens is 933 g/mol. The van der Waals surface area contributed by atoms with Crippen LogP contribution in [0.5, 0.6) is 0 Å². The molecule has 4 aliphatic carbocycles. The van der Waals surface area contributed by atoms with Crippen molar-refractivity contribution >= 4 is 67.7 Å². The number of imide groups is 2. The molecule has 0 spiro atoms. The standard InChI is InChI=1S/C70H48N2O4/c1-41-42(2)58(36-28-50-30-38-64-66-60(50)16-10-18-62(66)68(74)72(70(64)76)56-33-25-48(26-34-56)54-22-20-52(40-54)46-13-7-8-14-46)44(4)43(3)57(41)35-27-49-29-37-63-65-59(49)15-9-17-61(65)67(73)71(69(63)75)55-31-23-47(24-32-55)53-21-19-51(39-53)45-11-5-6-12-45/h5-7,9-11,13-20,22-26,29-34,37-39H,8,12,21,40H2,1-4H3. The number of benzene rings is 7. The topological polar surface area (TPSA) is 74.8 Å². The first-order valence-corrected chi connectivity index (χ1v) is 25.8. The summed E-state index contributed by atoms with van der Waals surface area (Å²) in [4.78, 5) is 59.5. The Labute approximate surface area is 441 Å². The summed E-state index contributed by atoms with van der Waals surface area (Å²) < 4.78 is 0. The Morgan fingerprint density at radius 2 is 0.934 bits per heavy atom. The molecule has 6 nitrogen and oxygen atoms in total. The van der Waals surface area contributed by atoms with Gasteiger partial charge in [-0.1, -0.05) is 133 Å². The number of carbonyl (C=O) groups excluding carboxylic acids is 4. The molecule has 0 radical (unpaired) electrons. The highest BCUT2D eigenvalue weighted by Gasteiger charge is 2.36. The van der Waals surface area contributed by atoms with Crippen LogP contribution in [0.15, 0.2) is 192 Å². The van der Waals surface area contributed by atoms with Crippen molar-refractivity contribution in [3.05, 3.63) is 270 Å². The van der Waals surface area contributed by atoms with Gasteiger partial charge in [0.25, 0.3) is 23.6 Å². The lowest BCUT2D eigenvalue weighted by Crippen LogP contribution is -2.40. The summed E-state index contributed by atoms with van der Waals surface area (Å²) in [5.74, 6) is 12.4. The zero-order valence-corrected chi connectivity index (χ0v) is 42.5. The van der Waals surface area contributed by atoms with Crippen molar-refractivity contribution in [1.82, 2.24) is 0 Å². The highest BCUT2D eigenvalue weighted by Crippen LogP contribution is 2.40. The Morgan fingerprint density at radius 3 is 1.42 bits per heavy atom. The minimum absolute atomic E-state index is 0.363. The van der Waals surface area contributed by atoms with Crippen LogP contribution in [0.2, 0.25) is 0 Å². The van der Waals surface area contributed by atoms with Crippen molar-refractivity contribution < 1.29 is 19.2 Å². The van der Waals surface area contributed by atoms with Crippen molar-refractivity contribution in [2.75, 3.05) is 9.80 Å². The van der Waals surface area contributed by atoms with Crippen molar-refractivity contribution in [3.63, 3.8) is 0 Å². The Morgan fingerprint density at radius 1 is 0.434 bits per heavy atom. The lowest BCUT2D eigenvalue weighted by Gasteiger charge is -2.27. The van der Waals surface area contributed by atoms with Gasteiger partial charge in [0.05, 0.1) is 11.4 Å². The zero-order chi connectivity index (χ0) is 51.9. The number of amides is 4. The van der Waals surface area contributed by atoms with E-state index < -0.39 is 0 Å². The number of allylic oxidation sites excluding steroid dienone is 16. The quantitative estimate of drug-likeness (QED) is 0.123. The van der Waals surface area contributed by atoms with E-state index in [9.17, 15) is 19.2 Å². The molecule has 6 heteroatoms. The lowest BCUT2D eigenvalue weighted by molar-refractivity contribution is 0.0877. The Bertz CT molecular complexity index is 4200. The highest BCUT2D eigenvalue weighted by molar-refractivity contribution is 6.37. The minimum atomic E-state index is -0.363. The van der Waals surface area contributed by atoms with Gasteiger partial charge in [-0.3, -0.25) is 19.2 Å². The molecule has 362 valence electrons. The van der Waals surface area contributed by atoms with Gasteiger partial charge in [0.15, 0.2) is 0 Å². The lowest BCUT2D eigenvalue weighted by atomic mass is 9.88. The average Bonchev–Trinajstić information content (AvgIpc) is 4.36. The molecule has 0 aromatic heterocycles. The Kier molecular flexibility index (Phi) is 11.0. The summed E-state index contributed by atoms with van der Waals surface area (Å²) in [6.07, 6.45) is 25.4. The van der Waals surface area contributed by atoms with Gasteiger partial charge in [-0.2, -0.15) is 0 Å². The molecular formula is C70H48N2O4. The van der Waals surface area contributed by atoms with E-state index in [4.69, 9.17) is 0 Å². The van der Waals surface area contributed by atoms with Gasteiger partial charge in [0.2, 0.25) is 0 Å². The SMILES string of the molecule is Cc1c(C)c(C#Cc2ccc3c4c(cccc24)C(=O)N(c2ccc(C4=CC=C(C5=CCC=C5)C4)cc2)C3=O)c(C)c(C)c1C#Cc1ccc2c3c(cccc13)C(=O)N(c1ccc(C3=CC(C4=CC=CC4)=CC3)cc1)C2=O. The van der Waals surface area contributed by atoms with Crippen molar-refractivity contribution in [1.29, 1.82) is 0 Å². The average molecular weight is 981 g/mol. The fourth-order valence-electron chi connectivity index (χ4n) is 11.7. The molecule has 7 aromatic rings. The molecule has 4 amide bonds. The summed E-state index contributed by atoms with van der Waals surface area (Å²) in [7, 11) is 0. The number of carbonyl (C=O) groups is 4. The maximum atomic E-state index is 14.2. The van der Waals surface area contributed by atoms with Gasteiger partial charge in [0.1, 0.15) is 0 Å². The summed E-state index contributed by atoms with van der Waals surface area (Å²) in [6, 6.07) is 33.9. The van der Waals surface area contributed by atoms with Crippen molar-refractivity contribution in [2.24, 2.45) is 0 Å². The molecule has 2 aliphatic heterocycles. The van der Waals surface area contributed by atoms with E-state index in [1.807, 2.05) is 84.9 Å². The molecule has 0 N–H and O–H groups in total. The predicted molar refractivity (Wildman–Crippen MR) is 305 cm³/mol. The van der Waals surface area contributed by atoms with Crippen LogP contribution < -0.4 is 9.80 Å². The highest BCUT2D eigenvalue weighted by atomic mass is 16.2. The van der Waals surface area contributed by atoms with Crippen LogP contribution >= 0.6 is 0 Å². The molecule has 0 unspecified atom stereocenters. The fraction of sp³-hybridized carbons (Fsp3) is 0.114. The van der Waals surface area contributed by atoms with Gasteiger partial charge >= 0.3 is 0 Å². The van der Waals surface area contributed by atoms with Crippen LogP contribution in [0.1, 0.15) is 123 Å². The minimum Gasteiger partial charge on any atom is -0.268 e. The van der Waals surface area contributed by atoms with E-state index in [1.54, 1.807) is 24.3 Å².